The molecule has 4 rings (SSSR count). The van der Waals surface area contributed by atoms with Crippen molar-refractivity contribution < 1.29 is 13.6 Å². The molecule has 0 fully saturated rings. The molecule has 0 atom stereocenters. The number of nitrogens with one attached hydrogen (secondary N) is 2. The molecule has 1 amide bonds. The quantitative estimate of drug-likeness (QED) is 0.538. The second-order valence-corrected chi connectivity index (χ2v) is 6.96. The van der Waals surface area contributed by atoms with Gasteiger partial charge in [-0.1, -0.05) is 0 Å². The molecule has 0 aliphatic heterocycles. The number of aromatic nitrogens is 3. The number of fused-ring (bicyclic) bond motifs is 1. The van der Waals surface area contributed by atoms with E-state index in [9.17, 15) is 14.0 Å². The monoisotopic (exact) mass is 398 g/mol. The van der Waals surface area contributed by atoms with E-state index in [4.69, 9.17) is 4.42 Å². The molecule has 3 aromatic heterocycles. The van der Waals surface area contributed by atoms with Gasteiger partial charge in [0.2, 0.25) is 5.71 Å². The van der Waals surface area contributed by atoms with Gasteiger partial charge < -0.3 is 14.7 Å². The fourth-order valence-corrected chi connectivity index (χ4v) is 3.73. The van der Waals surface area contributed by atoms with Crippen molar-refractivity contribution in [3.8, 4) is 10.6 Å². The summed E-state index contributed by atoms with van der Waals surface area (Å²) in [6.07, 6.45) is 1.75. The summed E-state index contributed by atoms with van der Waals surface area (Å²) in [6.45, 7) is 1.96. The number of hydrogen-bond acceptors (Lipinski definition) is 6. The van der Waals surface area contributed by atoms with Crippen molar-refractivity contribution in [1.29, 1.82) is 0 Å². The molecule has 0 saturated carbocycles. The average Bonchev–Trinajstić information content (AvgIpc) is 3.27. The van der Waals surface area contributed by atoms with Crippen molar-refractivity contribution in [3.05, 3.63) is 69.2 Å². The number of rotatable bonds is 5. The summed E-state index contributed by atoms with van der Waals surface area (Å²) in [5.74, 6) is -0.355. The molecule has 28 heavy (non-hydrogen) atoms. The second-order valence-electron chi connectivity index (χ2n) is 6.10. The lowest BCUT2D eigenvalue weighted by Crippen LogP contribution is -2.27. The number of benzene rings is 1. The van der Waals surface area contributed by atoms with Gasteiger partial charge in [-0.15, -0.1) is 11.3 Å². The van der Waals surface area contributed by atoms with Crippen LogP contribution in [-0.2, 0) is 6.42 Å². The number of furan rings is 1. The van der Waals surface area contributed by atoms with Crippen molar-refractivity contribution in [2.75, 3.05) is 6.54 Å². The molecule has 142 valence electrons. The highest BCUT2D eigenvalue weighted by Crippen LogP contribution is 2.24. The van der Waals surface area contributed by atoms with Crippen molar-refractivity contribution in [1.82, 2.24) is 20.3 Å². The lowest BCUT2D eigenvalue weighted by Gasteiger charge is -2.03. The molecule has 1 aromatic carbocycles. The fraction of sp³-hybridized carbons (Fsp3) is 0.158. The number of thiazole rings is 1. The van der Waals surface area contributed by atoms with Gasteiger partial charge in [0.1, 0.15) is 22.0 Å². The molecule has 3 heterocycles. The van der Waals surface area contributed by atoms with E-state index in [1.54, 1.807) is 19.1 Å². The lowest BCUT2D eigenvalue weighted by molar-refractivity contribution is 0.0954. The maximum absolute atomic E-state index is 13.0. The van der Waals surface area contributed by atoms with Gasteiger partial charge in [0.05, 0.1) is 17.6 Å². The molecular formula is C19H15FN4O3S. The van der Waals surface area contributed by atoms with Gasteiger partial charge in [-0.2, -0.15) is 0 Å². The summed E-state index contributed by atoms with van der Waals surface area (Å²) in [7, 11) is 0. The number of amides is 1. The molecular weight excluding hydrogens is 383 g/mol. The van der Waals surface area contributed by atoms with E-state index >= 15 is 0 Å². The van der Waals surface area contributed by atoms with Crippen LogP contribution in [0, 0.1) is 12.7 Å². The first-order chi connectivity index (χ1) is 13.5. The van der Waals surface area contributed by atoms with Crippen molar-refractivity contribution in [2.45, 2.75) is 13.3 Å². The molecule has 0 bridgehead atoms. The largest absolute Gasteiger partial charge is 0.442 e. The van der Waals surface area contributed by atoms with Crippen molar-refractivity contribution >= 4 is 28.3 Å². The first kappa shape index (κ1) is 18.1. The van der Waals surface area contributed by atoms with Crippen LogP contribution in [0.5, 0.6) is 0 Å². The molecule has 0 spiro atoms. The van der Waals surface area contributed by atoms with E-state index in [2.05, 4.69) is 20.3 Å². The van der Waals surface area contributed by atoms with Crippen LogP contribution >= 0.6 is 11.3 Å². The van der Waals surface area contributed by atoms with Crippen LogP contribution in [0.4, 0.5) is 4.39 Å². The number of hydrogen-bond donors (Lipinski definition) is 2. The second kappa shape index (κ2) is 7.35. The summed E-state index contributed by atoms with van der Waals surface area (Å²) in [6, 6.07) is 6.14. The molecule has 0 aliphatic rings. The molecule has 7 nitrogen and oxygen atoms in total. The fourth-order valence-electron chi connectivity index (χ4n) is 2.87. The lowest BCUT2D eigenvalue weighted by atomic mass is 10.2. The highest BCUT2D eigenvalue weighted by Gasteiger charge is 2.21. The molecule has 4 aromatic rings. The van der Waals surface area contributed by atoms with Gasteiger partial charge in [-0.3, -0.25) is 9.59 Å². The van der Waals surface area contributed by atoms with Crippen LogP contribution < -0.4 is 10.9 Å². The highest BCUT2D eigenvalue weighted by molar-refractivity contribution is 7.13. The number of nitrogens with zero attached hydrogens (tertiary/aromatic N) is 2. The molecule has 9 heteroatoms. The Morgan fingerprint density at radius 3 is 2.89 bits per heavy atom. The number of H-pyrrole nitrogens is 1. The van der Waals surface area contributed by atoms with Gasteiger partial charge in [0.25, 0.3) is 11.5 Å². The Morgan fingerprint density at radius 2 is 2.11 bits per heavy atom. The van der Waals surface area contributed by atoms with E-state index in [0.29, 0.717) is 18.7 Å². The number of halogens is 1. The number of carbonyl (C=O) groups excluding carboxylic acids is 1. The standard InChI is InChI=1S/C19H15FN4O3S/c1-10-14(15-17(26)22-9-23-18(15)27-10)16(25)21-7-6-13-8-28-19(24-13)11-2-4-12(20)5-3-11/h2-5,8-9H,6-7H2,1H3,(H,21,25)(H,22,23,26). The van der Waals surface area contributed by atoms with Crippen LogP contribution in [0.3, 0.4) is 0 Å². The topological polar surface area (TPSA) is 101 Å². The van der Waals surface area contributed by atoms with E-state index in [0.717, 1.165) is 16.3 Å². The third-order valence-electron chi connectivity index (χ3n) is 4.21. The van der Waals surface area contributed by atoms with Gasteiger partial charge in [0.15, 0.2) is 0 Å². The van der Waals surface area contributed by atoms with E-state index in [1.807, 2.05) is 5.38 Å². The Labute approximate surface area is 162 Å². The Bertz CT molecular complexity index is 1210. The maximum atomic E-state index is 13.0. The van der Waals surface area contributed by atoms with Crippen molar-refractivity contribution in [2.24, 2.45) is 0 Å². The predicted molar refractivity (Wildman–Crippen MR) is 103 cm³/mol. The molecule has 0 unspecified atom stereocenters. The number of carbonyl (C=O) groups is 1. The van der Waals surface area contributed by atoms with Gasteiger partial charge in [-0.05, 0) is 31.2 Å². The van der Waals surface area contributed by atoms with Crippen LogP contribution in [0.15, 0.2) is 45.2 Å². The summed E-state index contributed by atoms with van der Waals surface area (Å²) >= 11 is 1.46. The Morgan fingerprint density at radius 1 is 1.32 bits per heavy atom. The SMILES string of the molecule is Cc1oc2nc[nH]c(=O)c2c1C(=O)NCCc1csc(-c2ccc(F)cc2)n1. The predicted octanol–water partition coefficient (Wildman–Crippen LogP) is 3.06. The zero-order chi connectivity index (χ0) is 19.7. The van der Waals surface area contributed by atoms with E-state index < -0.39 is 11.5 Å². The minimum Gasteiger partial charge on any atom is -0.442 e. The number of aryl methyl sites for hydroxylation is 1. The van der Waals surface area contributed by atoms with E-state index in [-0.39, 0.29) is 22.5 Å². The zero-order valence-electron chi connectivity index (χ0n) is 14.8. The molecule has 0 saturated heterocycles. The Kier molecular flexibility index (Phi) is 4.74. The normalized spacial score (nSPS) is 11.1. The smallest absolute Gasteiger partial charge is 0.262 e. The Hall–Kier alpha value is -3.33. The summed E-state index contributed by atoms with van der Waals surface area (Å²) in [5.41, 5.74) is 1.56. The van der Waals surface area contributed by atoms with Crippen LogP contribution in [0.25, 0.3) is 21.7 Å². The van der Waals surface area contributed by atoms with Crippen LogP contribution in [0.1, 0.15) is 21.8 Å². The third kappa shape index (κ3) is 3.44. The van der Waals surface area contributed by atoms with Gasteiger partial charge in [0, 0.05) is 23.9 Å². The van der Waals surface area contributed by atoms with Crippen molar-refractivity contribution in [3.63, 3.8) is 0 Å². The summed E-state index contributed by atoms with van der Waals surface area (Å²) in [5, 5.41) is 5.62. The van der Waals surface area contributed by atoms with Crippen LogP contribution in [0.2, 0.25) is 0 Å². The molecule has 0 radical (unpaired) electrons. The average molecular weight is 398 g/mol. The highest BCUT2D eigenvalue weighted by atomic mass is 32.1. The van der Waals surface area contributed by atoms with Crippen LogP contribution in [-0.4, -0.2) is 27.4 Å². The minimum absolute atomic E-state index is 0.134. The number of aromatic amines is 1. The molecule has 0 aliphatic carbocycles. The van der Waals surface area contributed by atoms with Gasteiger partial charge in [-0.25, -0.2) is 14.4 Å². The third-order valence-corrected chi connectivity index (χ3v) is 5.15. The zero-order valence-corrected chi connectivity index (χ0v) is 15.6. The first-order valence-electron chi connectivity index (χ1n) is 8.48. The Balaban J connectivity index is 1.44. The maximum Gasteiger partial charge on any atom is 0.262 e. The van der Waals surface area contributed by atoms with Gasteiger partial charge >= 0.3 is 0 Å². The van der Waals surface area contributed by atoms with E-state index in [1.165, 1.54) is 29.8 Å². The molecule has 2 N–H and O–H groups in total. The summed E-state index contributed by atoms with van der Waals surface area (Å²) in [4.78, 5) is 35.4. The minimum atomic E-state index is -0.421. The first-order valence-corrected chi connectivity index (χ1v) is 9.36. The summed E-state index contributed by atoms with van der Waals surface area (Å²) < 4.78 is 18.4.